The molecule has 2 heterocycles. The maximum atomic E-state index is 12.8. The minimum absolute atomic E-state index is 0.313. The minimum Gasteiger partial charge on any atom is -0.314 e. The summed E-state index contributed by atoms with van der Waals surface area (Å²) >= 11 is 1.73. The first-order valence-electron chi connectivity index (χ1n) is 7.53. The number of piperazine rings is 1. The maximum Gasteiger partial charge on any atom is 0.156 e. The maximum absolute atomic E-state index is 12.8. The molecule has 1 fully saturated rings. The Balaban J connectivity index is 1.78. The fourth-order valence-electron chi connectivity index (χ4n) is 2.96. The van der Waals surface area contributed by atoms with Crippen LogP contribution in [0.1, 0.15) is 19.4 Å². The van der Waals surface area contributed by atoms with Crippen LogP contribution in [0.3, 0.4) is 0 Å². The van der Waals surface area contributed by atoms with E-state index in [-0.39, 0.29) is 5.54 Å². The highest BCUT2D eigenvalue weighted by Gasteiger charge is 2.34. The van der Waals surface area contributed by atoms with Gasteiger partial charge in [0, 0.05) is 37.3 Å². The van der Waals surface area contributed by atoms with Gasteiger partial charge in [0.25, 0.3) is 0 Å². The third-order valence-electron chi connectivity index (χ3n) is 4.50. The molecule has 0 bridgehead atoms. The Morgan fingerprint density at radius 1 is 1.29 bits per heavy atom. The standard InChI is InChI=1S/C17H22N2OS/c1-17(2,19-9-7-18-8-10-19)16(20)11-13-12-21-15-6-4-3-5-14(13)15/h3-6,12,18H,7-11H2,1-2H3. The number of Topliss-reactive ketones (excluding diaryl/α,β-unsaturated/α-hetero) is 1. The average molecular weight is 302 g/mol. The molecule has 0 amide bonds. The molecule has 1 aromatic heterocycles. The summed E-state index contributed by atoms with van der Waals surface area (Å²) in [6.45, 7) is 7.97. The molecule has 0 saturated carbocycles. The van der Waals surface area contributed by atoms with Crippen LogP contribution in [-0.4, -0.2) is 42.4 Å². The predicted octanol–water partition coefficient (Wildman–Crippen LogP) is 2.70. The van der Waals surface area contributed by atoms with Crippen LogP contribution in [0.4, 0.5) is 0 Å². The summed E-state index contributed by atoms with van der Waals surface area (Å²) in [7, 11) is 0. The molecule has 0 spiro atoms. The summed E-state index contributed by atoms with van der Waals surface area (Å²) in [6, 6.07) is 8.33. The first kappa shape index (κ1) is 14.7. The van der Waals surface area contributed by atoms with Gasteiger partial charge in [-0.2, -0.15) is 0 Å². The lowest BCUT2D eigenvalue weighted by molar-refractivity contribution is -0.129. The first-order chi connectivity index (χ1) is 10.1. The van der Waals surface area contributed by atoms with Gasteiger partial charge in [0.15, 0.2) is 5.78 Å². The van der Waals surface area contributed by atoms with Crippen molar-refractivity contribution < 1.29 is 4.79 Å². The quantitative estimate of drug-likeness (QED) is 0.942. The third kappa shape index (κ3) is 2.89. The van der Waals surface area contributed by atoms with Crippen molar-refractivity contribution in [2.45, 2.75) is 25.8 Å². The molecule has 1 aliphatic rings. The summed E-state index contributed by atoms with van der Waals surface area (Å²) < 4.78 is 1.26. The van der Waals surface area contributed by atoms with E-state index in [0.29, 0.717) is 12.2 Å². The topological polar surface area (TPSA) is 32.3 Å². The van der Waals surface area contributed by atoms with Crippen molar-refractivity contribution in [3.63, 3.8) is 0 Å². The SMILES string of the molecule is CC(C)(C(=O)Cc1csc2ccccc12)N1CCNCC1. The lowest BCUT2D eigenvalue weighted by Gasteiger charge is -2.40. The lowest BCUT2D eigenvalue weighted by Crippen LogP contribution is -2.57. The lowest BCUT2D eigenvalue weighted by atomic mass is 9.91. The molecule has 0 unspecified atom stereocenters. The van der Waals surface area contributed by atoms with Crippen LogP contribution in [0.25, 0.3) is 10.1 Å². The zero-order valence-electron chi connectivity index (χ0n) is 12.7. The zero-order chi connectivity index (χ0) is 14.9. The molecular formula is C17H22N2OS. The largest absolute Gasteiger partial charge is 0.314 e. The monoisotopic (exact) mass is 302 g/mol. The van der Waals surface area contributed by atoms with Crippen molar-refractivity contribution in [1.82, 2.24) is 10.2 Å². The molecule has 3 nitrogen and oxygen atoms in total. The van der Waals surface area contributed by atoms with Crippen molar-refractivity contribution in [2.24, 2.45) is 0 Å². The highest BCUT2D eigenvalue weighted by Crippen LogP contribution is 2.28. The van der Waals surface area contributed by atoms with Gasteiger partial charge < -0.3 is 5.32 Å². The molecule has 0 radical (unpaired) electrons. The summed E-state index contributed by atoms with van der Waals surface area (Å²) in [4.78, 5) is 15.1. The molecular weight excluding hydrogens is 280 g/mol. The van der Waals surface area contributed by atoms with Crippen LogP contribution in [0.15, 0.2) is 29.6 Å². The Morgan fingerprint density at radius 3 is 2.76 bits per heavy atom. The van der Waals surface area contributed by atoms with Crippen LogP contribution in [0.2, 0.25) is 0 Å². The van der Waals surface area contributed by atoms with Gasteiger partial charge in [-0.15, -0.1) is 11.3 Å². The van der Waals surface area contributed by atoms with E-state index in [9.17, 15) is 4.79 Å². The van der Waals surface area contributed by atoms with Crippen molar-refractivity contribution >= 4 is 27.2 Å². The predicted molar refractivity (Wildman–Crippen MR) is 89.1 cm³/mol. The Kier molecular flexibility index (Phi) is 4.11. The molecule has 1 N–H and O–H groups in total. The van der Waals surface area contributed by atoms with Gasteiger partial charge in [-0.3, -0.25) is 9.69 Å². The number of nitrogens with zero attached hydrogens (tertiary/aromatic N) is 1. The summed E-state index contributed by atoms with van der Waals surface area (Å²) in [5, 5.41) is 6.71. The summed E-state index contributed by atoms with van der Waals surface area (Å²) in [5.74, 6) is 0.313. The van der Waals surface area contributed by atoms with Crippen LogP contribution in [0, 0.1) is 0 Å². The van der Waals surface area contributed by atoms with Crippen molar-refractivity contribution in [3.8, 4) is 0 Å². The van der Waals surface area contributed by atoms with Crippen LogP contribution in [0.5, 0.6) is 0 Å². The molecule has 1 aliphatic heterocycles. The van der Waals surface area contributed by atoms with Gasteiger partial charge in [-0.05, 0) is 36.2 Å². The second-order valence-electron chi connectivity index (χ2n) is 6.15. The van der Waals surface area contributed by atoms with Gasteiger partial charge in [-0.1, -0.05) is 18.2 Å². The van der Waals surface area contributed by atoms with Crippen LogP contribution in [-0.2, 0) is 11.2 Å². The number of carbonyl (C=O) groups excluding carboxylic acids is 1. The van der Waals surface area contributed by atoms with Crippen molar-refractivity contribution in [1.29, 1.82) is 0 Å². The number of fused-ring (bicyclic) bond motifs is 1. The second kappa shape index (κ2) is 5.87. The third-order valence-corrected chi connectivity index (χ3v) is 5.51. The number of benzene rings is 1. The first-order valence-corrected chi connectivity index (χ1v) is 8.41. The number of hydrogen-bond donors (Lipinski definition) is 1. The molecule has 4 heteroatoms. The van der Waals surface area contributed by atoms with Crippen molar-refractivity contribution in [2.75, 3.05) is 26.2 Å². The number of rotatable bonds is 4. The Labute approximate surface area is 130 Å². The van der Waals surface area contributed by atoms with Crippen LogP contribution >= 0.6 is 11.3 Å². The van der Waals surface area contributed by atoms with E-state index in [2.05, 4.69) is 47.6 Å². The van der Waals surface area contributed by atoms with Gasteiger partial charge in [-0.25, -0.2) is 0 Å². The molecule has 1 saturated heterocycles. The van der Waals surface area contributed by atoms with E-state index in [1.54, 1.807) is 11.3 Å². The normalized spacial score (nSPS) is 17.2. The average Bonchev–Trinajstić information content (AvgIpc) is 2.91. The van der Waals surface area contributed by atoms with E-state index in [0.717, 1.165) is 26.2 Å². The molecule has 3 rings (SSSR count). The van der Waals surface area contributed by atoms with E-state index >= 15 is 0 Å². The van der Waals surface area contributed by atoms with E-state index in [4.69, 9.17) is 0 Å². The Hall–Kier alpha value is -1.23. The fraction of sp³-hybridized carbons (Fsp3) is 0.471. The second-order valence-corrected chi connectivity index (χ2v) is 7.06. The van der Waals surface area contributed by atoms with Gasteiger partial charge in [0.2, 0.25) is 0 Å². The molecule has 1 aromatic carbocycles. The van der Waals surface area contributed by atoms with Crippen LogP contribution < -0.4 is 5.32 Å². The van der Waals surface area contributed by atoms with Crippen molar-refractivity contribution in [3.05, 3.63) is 35.2 Å². The summed E-state index contributed by atoms with van der Waals surface area (Å²) in [5.41, 5.74) is 0.786. The minimum atomic E-state index is -0.384. The molecule has 0 atom stereocenters. The molecule has 112 valence electrons. The van der Waals surface area contributed by atoms with Gasteiger partial charge >= 0.3 is 0 Å². The van der Waals surface area contributed by atoms with Gasteiger partial charge in [0.1, 0.15) is 0 Å². The number of ketones is 1. The number of nitrogens with one attached hydrogen (secondary N) is 1. The number of thiophene rings is 1. The summed E-state index contributed by atoms with van der Waals surface area (Å²) in [6.07, 6.45) is 0.529. The smallest absolute Gasteiger partial charge is 0.156 e. The Morgan fingerprint density at radius 2 is 2.00 bits per heavy atom. The van der Waals surface area contributed by atoms with E-state index in [1.165, 1.54) is 15.6 Å². The van der Waals surface area contributed by atoms with Gasteiger partial charge in [0.05, 0.1) is 5.54 Å². The highest BCUT2D eigenvalue weighted by atomic mass is 32.1. The van der Waals surface area contributed by atoms with E-state index in [1.807, 2.05) is 6.07 Å². The van der Waals surface area contributed by atoms with E-state index < -0.39 is 0 Å². The molecule has 0 aliphatic carbocycles. The zero-order valence-corrected chi connectivity index (χ0v) is 13.5. The highest BCUT2D eigenvalue weighted by molar-refractivity contribution is 7.17. The Bertz CT molecular complexity index is 641. The number of hydrogen-bond acceptors (Lipinski definition) is 4. The number of carbonyl (C=O) groups is 1. The molecule has 2 aromatic rings. The molecule has 21 heavy (non-hydrogen) atoms. The fourth-order valence-corrected chi connectivity index (χ4v) is 3.92.